The fourth-order valence-electron chi connectivity index (χ4n) is 3.63. The number of methoxy groups -OCH3 is 1. The third-order valence-electron chi connectivity index (χ3n) is 5.44. The maximum absolute atomic E-state index is 5.41. The van der Waals surface area contributed by atoms with Crippen LogP contribution in [0.25, 0.3) is 11.4 Å². The Bertz CT molecular complexity index is 967. The van der Waals surface area contributed by atoms with Gasteiger partial charge in [-0.25, -0.2) is 19.9 Å². The molecule has 3 heterocycles. The van der Waals surface area contributed by atoms with E-state index in [4.69, 9.17) is 4.74 Å². The summed E-state index contributed by atoms with van der Waals surface area (Å²) < 4.78 is 5.41. The van der Waals surface area contributed by atoms with Crippen LogP contribution in [0.5, 0.6) is 5.75 Å². The number of hydrogen-bond donors (Lipinski definition) is 0. The first-order valence-corrected chi connectivity index (χ1v) is 9.85. The van der Waals surface area contributed by atoms with E-state index in [1.54, 1.807) is 13.4 Å². The molecule has 3 aromatic rings. The lowest BCUT2D eigenvalue weighted by Crippen LogP contribution is -2.46. The van der Waals surface area contributed by atoms with Crippen LogP contribution < -0.4 is 9.64 Å². The highest BCUT2D eigenvalue weighted by Crippen LogP contribution is 2.26. The Morgan fingerprint density at radius 3 is 2.38 bits per heavy atom. The molecule has 0 N–H and O–H groups in total. The van der Waals surface area contributed by atoms with Crippen LogP contribution in [0.3, 0.4) is 0 Å². The van der Waals surface area contributed by atoms with Crippen molar-refractivity contribution in [3.05, 3.63) is 59.8 Å². The zero-order valence-corrected chi connectivity index (χ0v) is 17.2. The van der Waals surface area contributed by atoms with E-state index < -0.39 is 0 Å². The van der Waals surface area contributed by atoms with Gasteiger partial charge in [0.05, 0.1) is 12.7 Å². The average molecular weight is 390 g/mol. The third-order valence-corrected chi connectivity index (χ3v) is 5.44. The predicted molar refractivity (Wildman–Crippen MR) is 113 cm³/mol. The molecule has 0 spiro atoms. The van der Waals surface area contributed by atoms with Crippen molar-refractivity contribution in [3.63, 3.8) is 0 Å². The van der Waals surface area contributed by atoms with Crippen LogP contribution in [0.15, 0.2) is 43.0 Å². The summed E-state index contributed by atoms with van der Waals surface area (Å²) in [7, 11) is 1.66. The highest BCUT2D eigenvalue weighted by atomic mass is 16.5. The standard InChI is InChI=1S/C22H26N6O/c1-16-17(2)25-15-26-22(16)28-10-8-27(9-11-28)14-18-12-23-21(24-13-18)19-6-4-5-7-20(19)29-3/h4-7,12-13,15H,8-11,14H2,1-3H3. The van der Waals surface area contributed by atoms with Crippen molar-refractivity contribution in [1.29, 1.82) is 0 Å². The lowest BCUT2D eigenvalue weighted by Gasteiger charge is -2.36. The number of hydrogen-bond acceptors (Lipinski definition) is 7. The topological polar surface area (TPSA) is 67.3 Å². The maximum Gasteiger partial charge on any atom is 0.162 e. The molecule has 1 aliphatic rings. The molecule has 29 heavy (non-hydrogen) atoms. The fraction of sp³-hybridized carbons (Fsp3) is 0.364. The number of aromatic nitrogens is 4. The summed E-state index contributed by atoms with van der Waals surface area (Å²) >= 11 is 0. The van der Waals surface area contributed by atoms with Gasteiger partial charge in [-0.05, 0) is 26.0 Å². The molecule has 1 fully saturated rings. The number of anilines is 1. The van der Waals surface area contributed by atoms with E-state index in [9.17, 15) is 0 Å². The minimum atomic E-state index is 0.686. The first kappa shape index (κ1) is 19.3. The normalized spacial score (nSPS) is 14.8. The first-order chi connectivity index (χ1) is 14.2. The molecule has 2 aromatic heterocycles. The Labute approximate surface area is 171 Å². The predicted octanol–water partition coefficient (Wildman–Crippen LogP) is 2.88. The Hall–Kier alpha value is -3.06. The van der Waals surface area contributed by atoms with Gasteiger partial charge in [0.1, 0.15) is 17.9 Å². The zero-order chi connectivity index (χ0) is 20.2. The van der Waals surface area contributed by atoms with Gasteiger partial charge in [0.25, 0.3) is 0 Å². The van der Waals surface area contributed by atoms with Crippen LogP contribution in [-0.4, -0.2) is 58.1 Å². The van der Waals surface area contributed by atoms with Crippen molar-refractivity contribution in [2.75, 3.05) is 38.2 Å². The van der Waals surface area contributed by atoms with Gasteiger partial charge in [0.15, 0.2) is 5.82 Å². The molecule has 0 bridgehead atoms. The smallest absolute Gasteiger partial charge is 0.162 e. The lowest BCUT2D eigenvalue weighted by atomic mass is 10.2. The molecule has 1 aromatic carbocycles. The molecule has 0 unspecified atom stereocenters. The van der Waals surface area contributed by atoms with E-state index in [1.165, 1.54) is 5.56 Å². The number of piperazine rings is 1. The van der Waals surface area contributed by atoms with Gasteiger partial charge in [-0.2, -0.15) is 0 Å². The quantitative estimate of drug-likeness (QED) is 0.663. The van der Waals surface area contributed by atoms with Crippen molar-refractivity contribution < 1.29 is 4.74 Å². The van der Waals surface area contributed by atoms with E-state index >= 15 is 0 Å². The highest BCUT2D eigenvalue weighted by Gasteiger charge is 2.20. The van der Waals surface area contributed by atoms with Crippen molar-refractivity contribution >= 4 is 5.82 Å². The SMILES string of the molecule is COc1ccccc1-c1ncc(CN2CCN(c3ncnc(C)c3C)CC2)cn1. The van der Waals surface area contributed by atoms with Crippen molar-refractivity contribution in [2.45, 2.75) is 20.4 Å². The van der Waals surface area contributed by atoms with Gasteiger partial charge in [0.2, 0.25) is 0 Å². The minimum absolute atomic E-state index is 0.686. The largest absolute Gasteiger partial charge is 0.496 e. The summed E-state index contributed by atoms with van der Waals surface area (Å²) in [5, 5.41) is 0. The zero-order valence-electron chi connectivity index (χ0n) is 17.2. The van der Waals surface area contributed by atoms with Crippen molar-refractivity contribution in [3.8, 4) is 17.1 Å². The third kappa shape index (κ3) is 4.19. The fourth-order valence-corrected chi connectivity index (χ4v) is 3.63. The number of aryl methyl sites for hydroxylation is 1. The van der Waals surface area contributed by atoms with Crippen LogP contribution >= 0.6 is 0 Å². The van der Waals surface area contributed by atoms with Crippen LogP contribution in [0.1, 0.15) is 16.8 Å². The van der Waals surface area contributed by atoms with Crippen LogP contribution in [-0.2, 0) is 6.54 Å². The summed E-state index contributed by atoms with van der Waals surface area (Å²) in [6, 6.07) is 7.81. The molecule has 1 saturated heterocycles. The molecule has 0 radical (unpaired) electrons. The van der Waals surface area contributed by atoms with Gasteiger partial charge in [0, 0.05) is 61.9 Å². The monoisotopic (exact) mass is 390 g/mol. The van der Waals surface area contributed by atoms with E-state index in [0.29, 0.717) is 5.82 Å². The number of benzene rings is 1. The maximum atomic E-state index is 5.41. The first-order valence-electron chi connectivity index (χ1n) is 9.85. The van der Waals surface area contributed by atoms with Crippen molar-refractivity contribution in [2.24, 2.45) is 0 Å². The average Bonchev–Trinajstić information content (AvgIpc) is 2.77. The van der Waals surface area contributed by atoms with Gasteiger partial charge in [-0.1, -0.05) is 12.1 Å². The second-order valence-corrected chi connectivity index (χ2v) is 7.29. The second kappa shape index (κ2) is 8.53. The van der Waals surface area contributed by atoms with E-state index in [2.05, 4.69) is 36.7 Å². The Morgan fingerprint density at radius 2 is 1.66 bits per heavy atom. The van der Waals surface area contributed by atoms with Gasteiger partial charge >= 0.3 is 0 Å². The van der Waals surface area contributed by atoms with Crippen LogP contribution in [0.4, 0.5) is 5.82 Å². The molecular weight excluding hydrogens is 364 g/mol. The van der Waals surface area contributed by atoms with Gasteiger partial charge in [-0.15, -0.1) is 0 Å². The summed E-state index contributed by atoms with van der Waals surface area (Å²) in [5.41, 5.74) is 4.24. The second-order valence-electron chi connectivity index (χ2n) is 7.29. The molecular formula is C22H26N6O. The van der Waals surface area contributed by atoms with Crippen LogP contribution in [0.2, 0.25) is 0 Å². The Morgan fingerprint density at radius 1 is 0.931 bits per heavy atom. The van der Waals surface area contributed by atoms with E-state index in [0.717, 1.165) is 61.1 Å². The minimum Gasteiger partial charge on any atom is -0.496 e. The molecule has 0 saturated carbocycles. The van der Waals surface area contributed by atoms with Gasteiger partial charge in [-0.3, -0.25) is 4.90 Å². The van der Waals surface area contributed by atoms with Crippen LogP contribution in [0, 0.1) is 13.8 Å². The van der Waals surface area contributed by atoms with E-state index in [-0.39, 0.29) is 0 Å². The lowest BCUT2D eigenvalue weighted by molar-refractivity contribution is 0.248. The highest BCUT2D eigenvalue weighted by molar-refractivity contribution is 5.63. The molecule has 7 heteroatoms. The molecule has 0 amide bonds. The van der Waals surface area contributed by atoms with Crippen molar-refractivity contribution in [1.82, 2.24) is 24.8 Å². The Kier molecular flexibility index (Phi) is 5.67. The summed E-state index contributed by atoms with van der Waals surface area (Å²) in [4.78, 5) is 22.7. The molecule has 0 atom stereocenters. The summed E-state index contributed by atoms with van der Waals surface area (Å²) in [6.45, 7) is 8.85. The van der Waals surface area contributed by atoms with Gasteiger partial charge < -0.3 is 9.64 Å². The summed E-state index contributed by atoms with van der Waals surface area (Å²) in [6.07, 6.45) is 5.49. The number of para-hydroxylation sites is 1. The number of ether oxygens (including phenoxy) is 1. The number of nitrogens with zero attached hydrogens (tertiary/aromatic N) is 6. The molecule has 1 aliphatic heterocycles. The molecule has 150 valence electrons. The molecule has 7 nitrogen and oxygen atoms in total. The molecule has 4 rings (SSSR count). The molecule has 0 aliphatic carbocycles. The summed E-state index contributed by atoms with van der Waals surface area (Å²) in [5.74, 6) is 2.53. The number of rotatable bonds is 5. The Balaban J connectivity index is 1.38. The van der Waals surface area contributed by atoms with E-state index in [1.807, 2.05) is 43.6 Å².